The number of hydrogen-bond acceptors (Lipinski definition) is 7. The molecule has 0 bridgehead atoms. The minimum absolute atomic E-state index is 0.268. The summed E-state index contributed by atoms with van der Waals surface area (Å²) < 4.78 is 20.1. The summed E-state index contributed by atoms with van der Waals surface area (Å²) in [6.07, 6.45) is 2.93. The van der Waals surface area contributed by atoms with E-state index in [9.17, 15) is 5.11 Å². The monoisotopic (exact) mass is 477 g/mol. The van der Waals surface area contributed by atoms with Gasteiger partial charge in [-0.25, -0.2) is 9.50 Å². The second-order valence-corrected chi connectivity index (χ2v) is 9.06. The Morgan fingerprint density at radius 2 is 1.74 bits per heavy atom. The zero-order chi connectivity index (χ0) is 23.4. The molecule has 34 heavy (non-hydrogen) atoms. The van der Waals surface area contributed by atoms with Crippen LogP contribution >= 0.6 is 11.8 Å². The topological polar surface area (TPSA) is 78.1 Å². The van der Waals surface area contributed by atoms with Crippen molar-refractivity contribution in [2.75, 3.05) is 12.9 Å². The number of thioether (sulfide) groups is 1. The number of rotatable bonds is 9. The average molecular weight is 478 g/mol. The van der Waals surface area contributed by atoms with Crippen LogP contribution in [0.4, 0.5) is 0 Å². The standard InChI is InChI=1S/C26H27N3O4S/c1-34-25-21-12-13-24(29(21)28-18-27-25)26(30)14-22(32-16-20-10-6-3-7-11-20)23(33-26)17-31-15-19-8-4-2-5-9-19/h2-13,18,22-23,30H,14-17H2,1H3. The van der Waals surface area contributed by atoms with E-state index in [1.54, 1.807) is 4.52 Å². The number of hydrogen-bond donors (Lipinski definition) is 1. The van der Waals surface area contributed by atoms with E-state index in [1.807, 2.05) is 79.1 Å². The maximum atomic E-state index is 11.6. The number of ether oxygens (including phenoxy) is 3. The molecule has 3 unspecified atom stereocenters. The molecule has 0 radical (unpaired) electrons. The van der Waals surface area contributed by atoms with E-state index < -0.39 is 11.9 Å². The summed E-state index contributed by atoms with van der Waals surface area (Å²) in [7, 11) is 0. The molecule has 1 saturated heterocycles. The molecule has 1 N–H and O–H groups in total. The van der Waals surface area contributed by atoms with Gasteiger partial charge in [0.25, 0.3) is 0 Å². The lowest BCUT2D eigenvalue weighted by molar-refractivity contribution is -0.213. The SMILES string of the molecule is CSc1ncnn2c(C3(O)CC(OCc4ccccc4)C(COCc4ccccc4)O3)ccc12. The summed E-state index contributed by atoms with van der Waals surface area (Å²) >= 11 is 1.53. The Labute approximate surface area is 202 Å². The predicted octanol–water partition coefficient (Wildman–Crippen LogP) is 4.19. The van der Waals surface area contributed by atoms with Crippen LogP contribution in [0.1, 0.15) is 23.2 Å². The Hall–Kier alpha value is -2.75. The molecule has 0 aliphatic carbocycles. The van der Waals surface area contributed by atoms with Crippen LogP contribution in [0, 0.1) is 0 Å². The smallest absolute Gasteiger partial charge is 0.212 e. The van der Waals surface area contributed by atoms with Crippen molar-refractivity contribution in [3.8, 4) is 0 Å². The molecule has 7 nitrogen and oxygen atoms in total. The van der Waals surface area contributed by atoms with E-state index in [4.69, 9.17) is 14.2 Å². The number of fused-ring (bicyclic) bond motifs is 1. The van der Waals surface area contributed by atoms with E-state index in [0.29, 0.717) is 25.5 Å². The molecule has 1 aliphatic heterocycles. The van der Waals surface area contributed by atoms with Gasteiger partial charge in [-0.05, 0) is 29.5 Å². The van der Waals surface area contributed by atoms with Crippen LogP contribution in [0.25, 0.3) is 5.52 Å². The molecule has 176 valence electrons. The molecule has 1 fully saturated rings. The van der Waals surface area contributed by atoms with Crippen molar-refractivity contribution in [3.05, 3.63) is 95.9 Å². The van der Waals surface area contributed by atoms with E-state index in [2.05, 4.69) is 10.1 Å². The fraction of sp³-hybridized carbons (Fsp3) is 0.308. The highest BCUT2D eigenvalue weighted by molar-refractivity contribution is 7.98. The third-order valence-corrected chi connectivity index (χ3v) is 6.65. The largest absolute Gasteiger partial charge is 0.374 e. The lowest BCUT2D eigenvalue weighted by Gasteiger charge is -2.22. The van der Waals surface area contributed by atoms with Crippen molar-refractivity contribution in [2.24, 2.45) is 0 Å². The lowest BCUT2D eigenvalue weighted by atomic mass is 10.1. The molecule has 0 amide bonds. The van der Waals surface area contributed by atoms with Crippen LogP contribution in [0.3, 0.4) is 0 Å². The highest BCUT2D eigenvalue weighted by Gasteiger charge is 2.49. The highest BCUT2D eigenvalue weighted by Crippen LogP contribution is 2.40. The van der Waals surface area contributed by atoms with E-state index >= 15 is 0 Å². The summed E-state index contributed by atoms with van der Waals surface area (Å²) in [5.74, 6) is -1.56. The summed E-state index contributed by atoms with van der Waals surface area (Å²) in [5, 5.41) is 16.8. The molecule has 3 heterocycles. The van der Waals surface area contributed by atoms with Gasteiger partial charge in [0.05, 0.1) is 31.4 Å². The van der Waals surface area contributed by atoms with Crippen molar-refractivity contribution < 1.29 is 19.3 Å². The van der Waals surface area contributed by atoms with Gasteiger partial charge < -0.3 is 19.3 Å². The first kappa shape index (κ1) is 23.0. The Balaban J connectivity index is 1.36. The molecular weight excluding hydrogens is 450 g/mol. The van der Waals surface area contributed by atoms with Crippen molar-refractivity contribution in [2.45, 2.75) is 42.7 Å². The first-order valence-corrected chi connectivity index (χ1v) is 12.4. The van der Waals surface area contributed by atoms with Gasteiger partial charge in [-0.1, -0.05) is 60.7 Å². The Kier molecular flexibility index (Phi) is 6.94. The number of nitrogens with zero attached hydrogens (tertiary/aromatic N) is 3. The minimum atomic E-state index is -1.56. The number of aliphatic hydroxyl groups is 1. The fourth-order valence-corrected chi connectivity index (χ4v) is 4.78. The van der Waals surface area contributed by atoms with Crippen LogP contribution in [0.2, 0.25) is 0 Å². The van der Waals surface area contributed by atoms with Gasteiger partial charge in [-0.15, -0.1) is 11.8 Å². The number of benzene rings is 2. The van der Waals surface area contributed by atoms with Crippen LogP contribution < -0.4 is 0 Å². The predicted molar refractivity (Wildman–Crippen MR) is 129 cm³/mol. The van der Waals surface area contributed by atoms with Crippen molar-refractivity contribution in [1.29, 1.82) is 0 Å². The van der Waals surface area contributed by atoms with Gasteiger partial charge in [0, 0.05) is 6.42 Å². The molecule has 1 aliphatic rings. The summed E-state index contributed by atoms with van der Waals surface area (Å²) in [6, 6.07) is 23.7. The van der Waals surface area contributed by atoms with Gasteiger partial charge in [0.2, 0.25) is 5.79 Å². The molecule has 0 spiro atoms. The lowest BCUT2D eigenvalue weighted by Crippen LogP contribution is -2.30. The van der Waals surface area contributed by atoms with Gasteiger partial charge >= 0.3 is 0 Å². The summed E-state index contributed by atoms with van der Waals surface area (Å²) in [6.45, 7) is 1.18. The Morgan fingerprint density at radius 1 is 1.03 bits per heavy atom. The second kappa shape index (κ2) is 10.2. The fourth-order valence-electron chi connectivity index (χ4n) is 4.26. The van der Waals surface area contributed by atoms with E-state index in [0.717, 1.165) is 21.7 Å². The Morgan fingerprint density at radius 3 is 2.44 bits per heavy atom. The molecule has 8 heteroatoms. The first-order chi connectivity index (χ1) is 16.7. The highest BCUT2D eigenvalue weighted by atomic mass is 32.2. The minimum Gasteiger partial charge on any atom is -0.374 e. The van der Waals surface area contributed by atoms with Crippen LogP contribution in [-0.2, 0) is 33.2 Å². The molecule has 0 saturated carbocycles. The third-order valence-electron chi connectivity index (χ3n) is 5.95. The summed E-state index contributed by atoms with van der Waals surface area (Å²) in [5.41, 5.74) is 3.52. The van der Waals surface area contributed by atoms with E-state index in [-0.39, 0.29) is 12.5 Å². The molecule has 3 atom stereocenters. The molecule has 2 aromatic heterocycles. The maximum Gasteiger partial charge on any atom is 0.212 e. The quantitative estimate of drug-likeness (QED) is 0.362. The summed E-state index contributed by atoms with van der Waals surface area (Å²) in [4.78, 5) is 4.31. The zero-order valence-electron chi connectivity index (χ0n) is 18.9. The zero-order valence-corrected chi connectivity index (χ0v) is 19.7. The van der Waals surface area contributed by atoms with Gasteiger partial charge in [-0.3, -0.25) is 0 Å². The molecular formula is C26H27N3O4S. The van der Waals surface area contributed by atoms with Gasteiger partial charge in [0.1, 0.15) is 23.2 Å². The maximum absolute atomic E-state index is 11.6. The third kappa shape index (κ3) is 4.87. The Bertz CT molecular complexity index is 1220. The van der Waals surface area contributed by atoms with Crippen molar-refractivity contribution in [3.63, 3.8) is 0 Å². The first-order valence-electron chi connectivity index (χ1n) is 11.2. The van der Waals surface area contributed by atoms with Gasteiger partial charge in [0.15, 0.2) is 0 Å². The average Bonchev–Trinajstić information content (AvgIpc) is 3.46. The molecule has 5 rings (SSSR count). The van der Waals surface area contributed by atoms with Crippen LogP contribution in [0.5, 0.6) is 0 Å². The van der Waals surface area contributed by atoms with Gasteiger partial charge in [-0.2, -0.15) is 5.10 Å². The van der Waals surface area contributed by atoms with E-state index in [1.165, 1.54) is 18.1 Å². The van der Waals surface area contributed by atoms with Crippen molar-refractivity contribution >= 4 is 17.3 Å². The van der Waals surface area contributed by atoms with Crippen molar-refractivity contribution in [1.82, 2.24) is 14.6 Å². The normalized spacial score (nSPS) is 22.4. The molecule has 2 aromatic carbocycles. The molecule has 4 aromatic rings. The second-order valence-electron chi connectivity index (χ2n) is 8.27. The van der Waals surface area contributed by atoms with Crippen LogP contribution in [0.15, 0.2) is 84.1 Å². The van der Waals surface area contributed by atoms with Crippen LogP contribution in [-0.4, -0.2) is 44.8 Å². The number of aromatic nitrogens is 3.